The smallest absolute Gasteiger partial charge is 0.374 e. The molecule has 0 bridgehead atoms. The van der Waals surface area contributed by atoms with Crippen LogP contribution in [0.15, 0.2) is 59.8 Å². The second-order valence-corrected chi connectivity index (χ2v) is 9.27. The van der Waals surface area contributed by atoms with Crippen molar-refractivity contribution in [2.24, 2.45) is 5.16 Å². The molecule has 0 saturated heterocycles. The Bertz CT molecular complexity index is 1530. The molecule has 1 aliphatic heterocycles. The van der Waals surface area contributed by atoms with Crippen molar-refractivity contribution in [1.82, 2.24) is 10.6 Å². The molecule has 2 N–H and O–H groups in total. The highest BCUT2D eigenvalue weighted by molar-refractivity contribution is 6.16. The summed E-state index contributed by atoms with van der Waals surface area (Å²) < 4.78 is 124. The van der Waals surface area contributed by atoms with Crippen molar-refractivity contribution in [1.29, 1.82) is 0 Å². The van der Waals surface area contributed by atoms with Gasteiger partial charge in [-0.2, -0.15) is 39.5 Å². The lowest BCUT2D eigenvalue weighted by atomic mass is 9.83. The Morgan fingerprint density at radius 1 is 0.857 bits per heavy atom. The molecule has 6 nitrogen and oxygen atoms in total. The molecule has 224 valence electrons. The van der Waals surface area contributed by atoms with Crippen molar-refractivity contribution >= 4 is 28.3 Å². The normalized spacial score (nSPS) is 17.5. The van der Waals surface area contributed by atoms with Gasteiger partial charge in [0.1, 0.15) is 0 Å². The Hall–Kier alpha value is -4.30. The number of carbonyl (C=O) groups excluding carboxylic acids is 2. The molecule has 0 aromatic heterocycles. The van der Waals surface area contributed by atoms with E-state index < -0.39 is 64.8 Å². The average Bonchev–Trinajstić information content (AvgIpc) is 3.37. The lowest BCUT2D eigenvalue weighted by molar-refractivity contribution is -0.276. The summed E-state index contributed by atoms with van der Waals surface area (Å²) in [6.45, 7) is 1.65. The third kappa shape index (κ3) is 5.85. The molecule has 0 aliphatic carbocycles. The summed E-state index contributed by atoms with van der Waals surface area (Å²) in [6.07, 6.45) is -17.5. The number of amides is 2. The standard InChI is InChI=1S/C27H20F9N3O3/c1-2-37-22(40)13-38-23(41)20-8-7-19(17-5-3-4-6-18(17)20)21-12-24(42-39-21,27(34,35)36)14-9-15(25(28,29)30)11-16(10-14)26(31,32)33/h3-11H,2,12-13H2,1H3,(H,37,40)(H,38,41). The molecule has 2 amide bonds. The molecule has 3 aromatic carbocycles. The topological polar surface area (TPSA) is 79.8 Å². The number of hydrogen-bond acceptors (Lipinski definition) is 4. The van der Waals surface area contributed by atoms with Crippen LogP contribution in [0.3, 0.4) is 0 Å². The van der Waals surface area contributed by atoms with E-state index in [1.807, 2.05) is 0 Å². The van der Waals surface area contributed by atoms with Crippen LogP contribution in [-0.4, -0.2) is 36.8 Å². The fourth-order valence-electron chi connectivity index (χ4n) is 4.50. The Kier molecular flexibility index (Phi) is 7.91. The molecule has 1 heterocycles. The molecular formula is C27H20F9N3O3. The monoisotopic (exact) mass is 605 g/mol. The molecule has 0 radical (unpaired) electrons. The van der Waals surface area contributed by atoms with Gasteiger partial charge in [-0.05, 0) is 42.0 Å². The van der Waals surface area contributed by atoms with Crippen molar-refractivity contribution in [3.63, 3.8) is 0 Å². The second kappa shape index (κ2) is 10.8. The molecule has 42 heavy (non-hydrogen) atoms. The Labute approximate surface area is 231 Å². The van der Waals surface area contributed by atoms with Gasteiger partial charge in [0, 0.05) is 29.7 Å². The lowest BCUT2D eigenvalue weighted by Crippen LogP contribution is -2.43. The van der Waals surface area contributed by atoms with Crippen LogP contribution in [0.25, 0.3) is 10.8 Å². The SMILES string of the molecule is CCNC(=O)CNC(=O)c1ccc(C2=NOC(c3cc(C(F)(F)F)cc(C(F)(F)F)c3)(C(F)(F)F)C2)c2ccccc12. The first-order valence-corrected chi connectivity index (χ1v) is 12.2. The van der Waals surface area contributed by atoms with E-state index in [0.29, 0.717) is 6.54 Å². The van der Waals surface area contributed by atoms with Gasteiger partial charge in [-0.15, -0.1) is 0 Å². The molecule has 0 fully saturated rings. The highest BCUT2D eigenvalue weighted by Crippen LogP contribution is 2.51. The van der Waals surface area contributed by atoms with E-state index >= 15 is 0 Å². The Morgan fingerprint density at radius 3 is 2.00 bits per heavy atom. The number of nitrogens with one attached hydrogen (secondary N) is 2. The zero-order valence-electron chi connectivity index (χ0n) is 21.4. The van der Waals surface area contributed by atoms with Crippen LogP contribution < -0.4 is 10.6 Å². The van der Waals surface area contributed by atoms with Gasteiger partial charge in [-0.1, -0.05) is 35.5 Å². The molecular weight excluding hydrogens is 585 g/mol. The summed E-state index contributed by atoms with van der Waals surface area (Å²) in [6, 6.07) is 8.04. The summed E-state index contributed by atoms with van der Waals surface area (Å²) in [5.41, 5.74) is -9.37. The largest absolute Gasteiger partial charge is 0.435 e. The maximum Gasteiger partial charge on any atom is 0.435 e. The minimum atomic E-state index is -5.50. The molecule has 3 aromatic rings. The number of halogens is 9. The zero-order valence-corrected chi connectivity index (χ0v) is 21.4. The van der Waals surface area contributed by atoms with Gasteiger partial charge < -0.3 is 15.5 Å². The zero-order chi connectivity index (χ0) is 31.1. The number of hydrogen-bond donors (Lipinski definition) is 2. The van der Waals surface area contributed by atoms with Crippen LogP contribution in [0.5, 0.6) is 0 Å². The second-order valence-electron chi connectivity index (χ2n) is 9.27. The average molecular weight is 605 g/mol. The Balaban J connectivity index is 1.77. The number of nitrogens with zero attached hydrogens (tertiary/aromatic N) is 1. The van der Waals surface area contributed by atoms with Crippen LogP contribution in [0, 0.1) is 0 Å². The van der Waals surface area contributed by atoms with E-state index in [9.17, 15) is 49.1 Å². The predicted octanol–water partition coefficient (Wildman–Crippen LogP) is 6.33. The van der Waals surface area contributed by atoms with Gasteiger partial charge in [0.05, 0.1) is 23.4 Å². The fraction of sp³-hybridized carbons (Fsp3) is 0.296. The number of oxime groups is 1. The highest BCUT2D eigenvalue weighted by atomic mass is 19.4. The van der Waals surface area contributed by atoms with Crippen LogP contribution >= 0.6 is 0 Å². The summed E-state index contributed by atoms with van der Waals surface area (Å²) in [5.74, 6) is -1.14. The summed E-state index contributed by atoms with van der Waals surface area (Å²) in [7, 11) is 0. The number of alkyl halides is 9. The van der Waals surface area contributed by atoms with Gasteiger partial charge in [0.15, 0.2) is 0 Å². The van der Waals surface area contributed by atoms with Crippen molar-refractivity contribution in [2.45, 2.75) is 37.5 Å². The number of rotatable bonds is 6. The minimum Gasteiger partial charge on any atom is -0.374 e. The molecule has 0 spiro atoms. The fourth-order valence-corrected chi connectivity index (χ4v) is 4.50. The molecule has 0 saturated carbocycles. The van der Waals surface area contributed by atoms with E-state index in [1.165, 1.54) is 36.4 Å². The van der Waals surface area contributed by atoms with E-state index in [1.54, 1.807) is 6.92 Å². The third-order valence-corrected chi connectivity index (χ3v) is 6.50. The number of benzene rings is 3. The third-order valence-electron chi connectivity index (χ3n) is 6.50. The summed E-state index contributed by atoms with van der Waals surface area (Å²) in [5, 5.41) is 8.81. The van der Waals surface area contributed by atoms with Gasteiger partial charge in [-0.25, -0.2) is 0 Å². The molecule has 1 aliphatic rings. The predicted molar refractivity (Wildman–Crippen MR) is 131 cm³/mol. The molecule has 4 rings (SSSR count). The van der Waals surface area contributed by atoms with Crippen molar-refractivity contribution in [3.8, 4) is 0 Å². The van der Waals surface area contributed by atoms with E-state index in [4.69, 9.17) is 4.84 Å². The van der Waals surface area contributed by atoms with Crippen molar-refractivity contribution < 1.29 is 53.9 Å². The molecule has 1 atom stereocenters. The first kappa shape index (κ1) is 30.7. The van der Waals surface area contributed by atoms with E-state index in [2.05, 4.69) is 15.8 Å². The van der Waals surface area contributed by atoms with E-state index in [0.717, 1.165) is 0 Å². The first-order chi connectivity index (χ1) is 19.5. The van der Waals surface area contributed by atoms with Crippen LogP contribution in [0.4, 0.5) is 39.5 Å². The maximum atomic E-state index is 14.5. The quantitative estimate of drug-likeness (QED) is 0.323. The minimum absolute atomic E-state index is 0.0000203. The van der Waals surface area contributed by atoms with Gasteiger partial charge in [-0.3, -0.25) is 9.59 Å². The van der Waals surface area contributed by atoms with E-state index in [-0.39, 0.29) is 46.6 Å². The van der Waals surface area contributed by atoms with Crippen LogP contribution in [0.1, 0.15) is 46.0 Å². The summed E-state index contributed by atoms with van der Waals surface area (Å²) >= 11 is 0. The number of carbonyl (C=O) groups is 2. The number of likely N-dealkylation sites (N-methyl/N-ethyl adjacent to an activating group) is 1. The maximum absolute atomic E-state index is 14.5. The first-order valence-electron chi connectivity index (χ1n) is 12.2. The van der Waals surface area contributed by atoms with Gasteiger partial charge in [0.25, 0.3) is 11.5 Å². The van der Waals surface area contributed by atoms with Gasteiger partial charge in [0.2, 0.25) is 5.91 Å². The summed E-state index contributed by atoms with van der Waals surface area (Å²) in [4.78, 5) is 29.2. The molecule has 1 unspecified atom stereocenters. The van der Waals surface area contributed by atoms with Gasteiger partial charge >= 0.3 is 18.5 Å². The van der Waals surface area contributed by atoms with Crippen LogP contribution in [0.2, 0.25) is 0 Å². The van der Waals surface area contributed by atoms with Crippen molar-refractivity contribution in [2.75, 3.05) is 13.1 Å². The van der Waals surface area contributed by atoms with Crippen LogP contribution in [-0.2, 0) is 27.6 Å². The van der Waals surface area contributed by atoms with Crippen molar-refractivity contribution in [3.05, 3.63) is 82.4 Å². The lowest BCUT2D eigenvalue weighted by Gasteiger charge is -2.30. The highest BCUT2D eigenvalue weighted by Gasteiger charge is 2.63. The number of fused-ring (bicyclic) bond motifs is 1. The molecule has 15 heteroatoms. The Morgan fingerprint density at radius 2 is 1.45 bits per heavy atom.